The summed E-state index contributed by atoms with van der Waals surface area (Å²) in [4.78, 5) is 10.8. The first-order valence-electron chi connectivity index (χ1n) is 8.69. The van der Waals surface area contributed by atoms with Crippen LogP contribution in [0.5, 0.6) is 5.75 Å². The summed E-state index contributed by atoms with van der Waals surface area (Å²) in [6.07, 6.45) is 0. The molecule has 0 spiro atoms. The summed E-state index contributed by atoms with van der Waals surface area (Å²) in [5.74, 6) is -0.489. The summed E-state index contributed by atoms with van der Waals surface area (Å²) < 4.78 is 5.79. The van der Waals surface area contributed by atoms with Crippen LogP contribution in [-0.4, -0.2) is 5.97 Å². The van der Waals surface area contributed by atoms with Gasteiger partial charge in [-0.3, -0.25) is 0 Å². The first-order chi connectivity index (χ1) is 13.1. The topological polar surface area (TPSA) is 66.0 Å². The zero-order chi connectivity index (χ0) is 19.1. The monoisotopic (exact) mass is 381 g/mol. The van der Waals surface area contributed by atoms with Gasteiger partial charge in [-0.2, -0.15) is 0 Å². The maximum atomic E-state index is 10.8. The van der Waals surface area contributed by atoms with Crippen molar-refractivity contribution < 1.29 is 20.0 Å². The van der Waals surface area contributed by atoms with Gasteiger partial charge in [-0.25, -0.2) is 0 Å². The van der Waals surface area contributed by atoms with E-state index in [1.165, 1.54) is 0 Å². The van der Waals surface area contributed by atoms with Crippen LogP contribution in [-0.2, 0) is 19.7 Å². The number of carboxylic acids is 1. The van der Waals surface area contributed by atoms with Crippen LogP contribution < -0.4 is 15.2 Å². The molecule has 5 heteroatoms. The Bertz CT molecular complexity index is 895. The molecule has 0 radical (unpaired) electrons. The van der Waals surface area contributed by atoms with Crippen molar-refractivity contribution in [3.63, 3.8) is 0 Å². The highest BCUT2D eigenvalue weighted by Crippen LogP contribution is 2.26. The molecule has 0 saturated heterocycles. The highest BCUT2D eigenvalue weighted by Gasteiger charge is 2.05. The molecule has 0 bridgehead atoms. The van der Waals surface area contributed by atoms with Crippen LogP contribution in [0.3, 0.4) is 0 Å². The Kier molecular flexibility index (Phi) is 6.47. The molecular weight excluding hydrogens is 362 g/mol. The molecule has 4 nitrogen and oxygen atoms in total. The summed E-state index contributed by atoms with van der Waals surface area (Å²) in [7, 11) is 0. The van der Waals surface area contributed by atoms with E-state index >= 15 is 0 Å². The Morgan fingerprint density at radius 1 is 0.889 bits per heavy atom. The molecule has 2 N–H and O–H groups in total. The fourth-order valence-corrected chi connectivity index (χ4v) is 2.96. The van der Waals surface area contributed by atoms with E-state index in [0.717, 1.165) is 29.8 Å². The van der Waals surface area contributed by atoms with Crippen LogP contribution in [0.2, 0.25) is 5.02 Å². The molecule has 3 aromatic rings. The third kappa shape index (κ3) is 5.58. The molecule has 0 aliphatic carbocycles. The van der Waals surface area contributed by atoms with E-state index in [4.69, 9.17) is 16.3 Å². The second kappa shape index (κ2) is 9.21. The van der Waals surface area contributed by atoms with E-state index in [0.29, 0.717) is 17.4 Å². The Hall–Kier alpha value is -2.82. The van der Waals surface area contributed by atoms with Crippen molar-refractivity contribution in [2.75, 3.05) is 0 Å². The van der Waals surface area contributed by atoms with E-state index in [-0.39, 0.29) is 5.56 Å². The first kappa shape index (κ1) is 19.0. The van der Waals surface area contributed by atoms with E-state index in [9.17, 15) is 9.90 Å². The molecular formula is C22H20ClNO3. The number of nitrogens with two attached hydrogens (primary N) is 1. The van der Waals surface area contributed by atoms with Crippen molar-refractivity contribution in [2.24, 2.45) is 0 Å². The number of halogens is 1. The minimum Gasteiger partial charge on any atom is -0.545 e. The van der Waals surface area contributed by atoms with Crippen molar-refractivity contribution in [1.82, 2.24) is 0 Å². The molecule has 0 aromatic heterocycles. The SMILES string of the molecule is O=C([O-])c1ccc(C[NH2+]Cc2ccc(OCc3ccccc3)c(Cl)c2)cc1. The quantitative estimate of drug-likeness (QED) is 0.652. The summed E-state index contributed by atoms with van der Waals surface area (Å²) >= 11 is 6.34. The Morgan fingerprint density at radius 3 is 2.22 bits per heavy atom. The average Bonchev–Trinajstić information content (AvgIpc) is 2.68. The van der Waals surface area contributed by atoms with Crippen LogP contribution in [0.25, 0.3) is 0 Å². The molecule has 0 fully saturated rings. The number of ether oxygens (including phenoxy) is 1. The number of carbonyl (C=O) groups excluding carboxylic acids is 1. The number of benzene rings is 3. The summed E-state index contributed by atoms with van der Waals surface area (Å²) in [6.45, 7) is 1.99. The molecule has 0 aliphatic heterocycles. The van der Waals surface area contributed by atoms with E-state index in [2.05, 4.69) is 5.32 Å². The van der Waals surface area contributed by atoms with Gasteiger partial charge in [-0.05, 0) is 29.3 Å². The predicted octanol–water partition coefficient (Wildman–Crippen LogP) is 2.55. The second-order valence-corrected chi connectivity index (χ2v) is 6.63. The molecule has 0 amide bonds. The molecule has 0 aliphatic rings. The second-order valence-electron chi connectivity index (χ2n) is 6.22. The number of quaternary nitrogens is 1. The van der Waals surface area contributed by atoms with Crippen molar-refractivity contribution in [3.05, 3.63) is 100 Å². The van der Waals surface area contributed by atoms with Crippen LogP contribution >= 0.6 is 11.6 Å². The lowest BCUT2D eigenvalue weighted by atomic mass is 10.1. The summed E-state index contributed by atoms with van der Waals surface area (Å²) in [5.41, 5.74) is 3.43. The maximum Gasteiger partial charge on any atom is 0.138 e. The standard InChI is InChI=1S/C22H20ClNO3/c23-20-12-18(8-11-21(20)27-15-17-4-2-1-3-5-17)14-24-13-16-6-9-19(10-7-16)22(25)26/h1-12,24H,13-15H2,(H,25,26). The van der Waals surface area contributed by atoms with E-state index in [1.54, 1.807) is 24.3 Å². The lowest BCUT2D eigenvalue weighted by molar-refractivity contribution is -0.686. The van der Waals surface area contributed by atoms with Gasteiger partial charge in [0.05, 0.1) is 11.0 Å². The normalized spacial score (nSPS) is 10.6. The number of hydrogen-bond acceptors (Lipinski definition) is 3. The van der Waals surface area contributed by atoms with Gasteiger partial charge in [0.15, 0.2) is 0 Å². The number of hydrogen-bond donors (Lipinski definition) is 1. The van der Waals surface area contributed by atoms with Gasteiger partial charge in [0, 0.05) is 11.1 Å². The molecule has 0 heterocycles. The van der Waals surface area contributed by atoms with Crippen LogP contribution in [0.1, 0.15) is 27.0 Å². The summed E-state index contributed by atoms with van der Waals surface area (Å²) in [6, 6.07) is 22.5. The Balaban J connectivity index is 1.50. The number of carbonyl (C=O) groups is 1. The van der Waals surface area contributed by atoms with Crippen molar-refractivity contribution in [1.29, 1.82) is 0 Å². The fourth-order valence-electron chi connectivity index (χ4n) is 2.71. The fraction of sp³-hybridized carbons (Fsp3) is 0.136. The zero-order valence-corrected chi connectivity index (χ0v) is 15.5. The summed E-state index contributed by atoms with van der Waals surface area (Å²) in [5, 5.41) is 13.5. The Labute approximate surface area is 163 Å². The highest BCUT2D eigenvalue weighted by molar-refractivity contribution is 6.32. The smallest absolute Gasteiger partial charge is 0.138 e. The maximum absolute atomic E-state index is 10.8. The van der Waals surface area contributed by atoms with Gasteiger partial charge in [0.2, 0.25) is 0 Å². The van der Waals surface area contributed by atoms with Gasteiger partial charge in [-0.15, -0.1) is 0 Å². The molecule has 3 aromatic carbocycles. The lowest BCUT2D eigenvalue weighted by Crippen LogP contribution is -2.80. The van der Waals surface area contributed by atoms with Crippen molar-refractivity contribution in [2.45, 2.75) is 19.7 Å². The third-order valence-electron chi connectivity index (χ3n) is 4.18. The van der Waals surface area contributed by atoms with E-state index in [1.807, 2.05) is 48.5 Å². The van der Waals surface area contributed by atoms with E-state index < -0.39 is 5.97 Å². The predicted molar refractivity (Wildman–Crippen MR) is 102 cm³/mol. The largest absolute Gasteiger partial charge is 0.545 e. The molecule has 27 heavy (non-hydrogen) atoms. The highest BCUT2D eigenvalue weighted by atomic mass is 35.5. The third-order valence-corrected chi connectivity index (χ3v) is 4.48. The molecule has 0 unspecified atom stereocenters. The average molecular weight is 382 g/mol. The molecule has 3 rings (SSSR count). The minimum atomic E-state index is -1.16. The van der Waals surface area contributed by atoms with Gasteiger partial charge in [0.25, 0.3) is 0 Å². The van der Waals surface area contributed by atoms with Gasteiger partial charge in [-0.1, -0.05) is 66.2 Å². The van der Waals surface area contributed by atoms with Crippen LogP contribution in [0.4, 0.5) is 0 Å². The number of aromatic carboxylic acids is 1. The zero-order valence-electron chi connectivity index (χ0n) is 14.7. The molecule has 138 valence electrons. The van der Waals surface area contributed by atoms with Gasteiger partial charge >= 0.3 is 0 Å². The molecule has 0 saturated carbocycles. The minimum absolute atomic E-state index is 0.191. The number of carboxylic acid groups (broad SMARTS) is 1. The lowest BCUT2D eigenvalue weighted by Gasteiger charge is -2.10. The first-order valence-corrected chi connectivity index (χ1v) is 9.07. The molecule has 0 atom stereocenters. The van der Waals surface area contributed by atoms with Crippen LogP contribution in [0.15, 0.2) is 72.8 Å². The Morgan fingerprint density at radius 2 is 1.56 bits per heavy atom. The van der Waals surface area contributed by atoms with Crippen LogP contribution in [0, 0.1) is 0 Å². The number of rotatable bonds is 8. The van der Waals surface area contributed by atoms with Gasteiger partial charge < -0.3 is 20.0 Å². The van der Waals surface area contributed by atoms with Crippen molar-refractivity contribution in [3.8, 4) is 5.75 Å². The van der Waals surface area contributed by atoms with Gasteiger partial charge in [0.1, 0.15) is 25.4 Å². The van der Waals surface area contributed by atoms with Crippen molar-refractivity contribution >= 4 is 17.6 Å².